The number of aliphatic hydroxyl groups excluding tert-OH is 1. The standard InChI is InChI=1S/C23H29N7O2/c1-15-10-23(13-32-15)5-7-30(8-6-23)22-19(12-31)27-21(18(11-24)28-22)26-16-3-4-17-20(9-16)29(2)14-25-17/h3-4,9,11,14-15,24,31H,5-8,10,12-13H2,1-2H3,(H,26,27)/t15-/m0/s1. The van der Waals surface area contributed by atoms with Crippen LogP contribution in [0.3, 0.4) is 0 Å². The van der Waals surface area contributed by atoms with E-state index in [0.717, 1.165) is 55.7 Å². The van der Waals surface area contributed by atoms with E-state index in [1.54, 1.807) is 6.33 Å². The fourth-order valence-electron chi connectivity index (χ4n) is 4.95. The van der Waals surface area contributed by atoms with Crippen molar-refractivity contribution >= 4 is 34.6 Å². The lowest BCUT2D eigenvalue weighted by atomic mass is 9.77. The van der Waals surface area contributed by atoms with E-state index in [0.29, 0.717) is 29.1 Å². The summed E-state index contributed by atoms with van der Waals surface area (Å²) in [6.07, 6.45) is 6.49. The number of benzene rings is 1. The highest BCUT2D eigenvalue weighted by molar-refractivity contribution is 5.86. The molecule has 2 aliphatic rings. The molecule has 9 heteroatoms. The van der Waals surface area contributed by atoms with Crippen molar-refractivity contribution in [1.29, 1.82) is 5.41 Å². The lowest BCUT2D eigenvalue weighted by molar-refractivity contribution is 0.0975. The van der Waals surface area contributed by atoms with Gasteiger partial charge in [0.15, 0.2) is 11.6 Å². The quantitative estimate of drug-likeness (QED) is 0.528. The fourth-order valence-corrected chi connectivity index (χ4v) is 4.95. The number of nitrogens with zero attached hydrogens (tertiary/aromatic N) is 5. The van der Waals surface area contributed by atoms with E-state index in [9.17, 15) is 5.11 Å². The summed E-state index contributed by atoms with van der Waals surface area (Å²) in [6.45, 7) is 4.46. The summed E-state index contributed by atoms with van der Waals surface area (Å²) in [4.78, 5) is 15.9. The van der Waals surface area contributed by atoms with Gasteiger partial charge in [0.05, 0.1) is 36.7 Å². The predicted molar refractivity (Wildman–Crippen MR) is 124 cm³/mol. The lowest BCUT2D eigenvalue weighted by Gasteiger charge is -2.39. The summed E-state index contributed by atoms with van der Waals surface area (Å²) in [7, 11) is 1.95. The Hall–Kier alpha value is -3.04. The normalized spacial score (nSPS) is 20.2. The SMILES string of the molecule is C[C@H]1CC2(CCN(c3nc(C=N)c(Nc4ccc5ncn(C)c5c4)nc3CO)CC2)CO1. The van der Waals surface area contributed by atoms with Crippen molar-refractivity contribution < 1.29 is 9.84 Å². The molecule has 0 bridgehead atoms. The monoisotopic (exact) mass is 435 g/mol. The molecule has 9 nitrogen and oxygen atoms in total. The summed E-state index contributed by atoms with van der Waals surface area (Å²) in [5.74, 6) is 1.13. The van der Waals surface area contributed by atoms with Crippen molar-refractivity contribution in [3.63, 3.8) is 0 Å². The van der Waals surface area contributed by atoms with Crippen LogP contribution in [-0.2, 0) is 18.4 Å². The molecule has 2 aromatic heterocycles. The van der Waals surface area contributed by atoms with Crippen LogP contribution in [0, 0.1) is 10.8 Å². The molecule has 0 aliphatic carbocycles. The number of rotatable bonds is 5. The number of nitrogens with one attached hydrogen (secondary N) is 2. The van der Waals surface area contributed by atoms with Crippen molar-refractivity contribution in [1.82, 2.24) is 19.5 Å². The van der Waals surface area contributed by atoms with Gasteiger partial charge in [-0.25, -0.2) is 15.0 Å². The number of aliphatic hydroxyl groups is 1. The van der Waals surface area contributed by atoms with Gasteiger partial charge in [-0.15, -0.1) is 0 Å². The maximum absolute atomic E-state index is 10.0. The Kier molecular flexibility index (Phi) is 5.30. The minimum absolute atomic E-state index is 0.210. The van der Waals surface area contributed by atoms with Gasteiger partial charge in [0.25, 0.3) is 0 Å². The van der Waals surface area contributed by atoms with Crippen LogP contribution in [-0.4, -0.2) is 56.6 Å². The first kappa shape index (κ1) is 20.8. The van der Waals surface area contributed by atoms with Crippen LogP contribution in [0.1, 0.15) is 37.6 Å². The van der Waals surface area contributed by atoms with Gasteiger partial charge >= 0.3 is 0 Å². The first-order valence-corrected chi connectivity index (χ1v) is 11.1. The van der Waals surface area contributed by atoms with Crippen molar-refractivity contribution in [2.75, 3.05) is 29.9 Å². The van der Waals surface area contributed by atoms with Gasteiger partial charge in [-0.3, -0.25) is 0 Å². The van der Waals surface area contributed by atoms with E-state index < -0.39 is 0 Å². The Morgan fingerprint density at radius 2 is 2.12 bits per heavy atom. The molecular formula is C23H29N7O2. The van der Waals surface area contributed by atoms with Gasteiger partial charge in [-0.1, -0.05) is 0 Å². The number of piperidine rings is 1. The Balaban J connectivity index is 1.40. The van der Waals surface area contributed by atoms with Crippen molar-refractivity contribution in [3.05, 3.63) is 35.9 Å². The fraction of sp³-hybridized carbons (Fsp3) is 0.478. The van der Waals surface area contributed by atoms with E-state index in [1.165, 1.54) is 6.21 Å². The molecule has 0 amide bonds. The molecule has 2 fully saturated rings. The molecule has 2 saturated heterocycles. The molecule has 0 radical (unpaired) electrons. The van der Waals surface area contributed by atoms with Crippen molar-refractivity contribution in [2.45, 2.75) is 38.9 Å². The number of hydrogen-bond acceptors (Lipinski definition) is 8. The van der Waals surface area contributed by atoms with E-state index >= 15 is 0 Å². The molecule has 1 aromatic carbocycles. The summed E-state index contributed by atoms with van der Waals surface area (Å²) in [5.41, 5.74) is 3.95. The topological polar surface area (TPSA) is 112 Å². The molecule has 3 N–H and O–H groups in total. The molecule has 4 heterocycles. The van der Waals surface area contributed by atoms with E-state index in [-0.39, 0.29) is 12.0 Å². The maximum Gasteiger partial charge on any atom is 0.158 e. The highest BCUT2D eigenvalue weighted by atomic mass is 16.5. The second-order valence-corrected chi connectivity index (χ2v) is 9.03. The third kappa shape index (κ3) is 3.71. The van der Waals surface area contributed by atoms with Gasteiger partial charge in [-0.05, 0) is 49.8 Å². The molecule has 1 spiro atoms. The number of aryl methyl sites for hydroxylation is 1. The minimum atomic E-state index is -0.210. The number of hydrogen-bond donors (Lipinski definition) is 3. The zero-order valence-electron chi connectivity index (χ0n) is 18.5. The van der Waals surface area contributed by atoms with E-state index in [1.807, 2.05) is 29.8 Å². The van der Waals surface area contributed by atoms with Gasteiger partial charge in [0, 0.05) is 32.0 Å². The molecule has 32 heavy (non-hydrogen) atoms. The minimum Gasteiger partial charge on any atom is -0.390 e. The Morgan fingerprint density at radius 1 is 1.31 bits per heavy atom. The molecule has 0 unspecified atom stereocenters. The summed E-state index contributed by atoms with van der Waals surface area (Å²) in [6, 6.07) is 5.85. The van der Waals surface area contributed by atoms with Crippen molar-refractivity contribution in [3.8, 4) is 0 Å². The van der Waals surface area contributed by atoms with Crippen molar-refractivity contribution in [2.24, 2.45) is 12.5 Å². The maximum atomic E-state index is 10.0. The van der Waals surface area contributed by atoms with Gasteiger partial charge in [0.1, 0.15) is 11.4 Å². The average Bonchev–Trinajstić information content (AvgIpc) is 3.36. The number of aromatic nitrogens is 4. The highest BCUT2D eigenvalue weighted by Crippen LogP contribution is 2.42. The zero-order chi connectivity index (χ0) is 22.3. The molecule has 1 atom stereocenters. The van der Waals surface area contributed by atoms with Crippen LogP contribution in [0.2, 0.25) is 0 Å². The number of ether oxygens (including phenoxy) is 1. The smallest absolute Gasteiger partial charge is 0.158 e. The third-order valence-electron chi connectivity index (χ3n) is 6.77. The van der Waals surface area contributed by atoms with Gasteiger partial charge in [0.2, 0.25) is 0 Å². The van der Waals surface area contributed by atoms with Crippen LogP contribution in [0.4, 0.5) is 17.3 Å². The first-order chi connectivity index (χ1) is 15.5. The molecule has 3 aromatic rings. The van der Waals surface area contributed by atoms with E-state index in [2.05, 4.69) is 27.1 Å². The van der Waals surface area contributed by atoms with Crippen LogP contribution in [0.25, 0.3) is 11.0 Å². The van der Waals surface area contributed by atoms with Gasteiger partial charge < -0.3 is 30.0 Å². The number of fused-ring (bicyclic) bond motifs is 1. The zero-order valence-corrected chi connectivity index (χ0v) is 18.5. The Morgan fingerprint density at radius 3 is 2.81 bits per heavy atom. The van der Waals surface area contributed by atoms with Crippen LogP contribution < -0.4 is 10.2 Å². The van der Waals surface area contributed by atoms with Crippen LogP contribution >= 0.6 is 0 Å². The third-order valence-corrected chi connectivity index (χ3v) is 6.77. The lowest BCUT2D eigenvalue weighted by Crippen LogP contribution is -2.41. The Labute approximate surface area is 187 Å². The molecular weight excluding hydrogens is 406 g/mol. The summed E-state index contributed by atoms with van der Waals surface area (Å²) in [5, 5.41) is 21.2. The molecule has 168 valence electrons. The van der Waals surface area contributed by atoms with Crippen LogP contribution in [0.15, 0.2) is 24.5 Å². The summed E-state index contributed by atoms with van der Waals surface area (Å²) < 4.78 is 7.79. The first-order valence-electron chi connectivity index (χ1n) is 11.1. The number of imidazole rings is 1. The second-order valence-electron chi connectivity index (χ2n) is 9.03. The molecule has 0 saturated carbocycles. The average molecular weight is 436 g/mol. The number of anilines is 3. The summed E-state index contributed by atoms with van der Waals surface area (Å²) >= 11 is 0. The predicted octanol–water partition coefficient (Wildman–Crippen LogP) is 2.99. The highest BCUT2D eigenvalue weighted by Gasteiger charge is 2.41. The second kappa shape index (κ2) is 8.14. The molecule has 2 aliphatic heterocycles. The molecule has 5 rings (SSSR count). The van der Waals surface area contributed by atoms with Gasteiger partial charge in [-0.2, -0.15) is 0 Å². The van der Waals surface area contributed by atoms with Crippen LogP contribution in [0.5, 0.6) is 0 Å². The Bertz CT molecular complexity index is 1150. The van der Waals surface area contributed by atoms with E-state index in [4.69, 9.17) is 15.1 Å². The largest absolute Gasteiger partial charge is 0.390 e.